The molecular formula is C18H20N4O2S. The highest BCUT2D eigenvalue weighted by atomic mass is 32.1. The molecule has 0 radical (unpaired) electrons. The van der Waals surface area contributed by atoms with Gasteiger partial charge in [0.25, 0.3) is 0 Å². The van der Waals surface area contributed by atoms with E-state index in [2.05, 4.69) is 20.5 Å². The van der Waals surface area contributed by atoms with E-state index >= 15 is 0 Å². The van der Waals surface area contributed by atoms with Crippen molar-refractivity contribution in [3.05, 3.63) is 29.3 Å². The zero-order valence-corrected chi connectivity index (χ0v) is 14.8. The minimum absolute atomic E-state index is 0.0311. The molecule has 130 valence electrons. The second-order valence-electron chi connectivity index (χ2n) is 6.47. The predicted molar refractivity (Wildman–Crippen MR) is 98.9 cm³/mol. The number of anilines is 1. The molecule has 1 aliphatic carbocycles. The normalized spacial score (nSPS) is 20.7. The Balaban J connectivity index is 1.64. The van der Waals surface area contributed by atoms with Gasteiger partial charge in [-0.2, -0.15) is 0 Å². The number of hydrogen-bond acceptors (Lipinski definition) is 7. The van der Waals surface area contributed by atoms with Crippen LogP contribution >= 0.6 is 11.3 Å². The molecule has 0 unspecified atom stereocenters. The molecule has 0 aliphatic heterocycles. The lowest BCUT2D eigenvalue weighted by molar-refractivity contribution is 0.116. The number of aryl methyl sites for hydroxylation is 1. The van der Waals surface area contributed by atoms with Gasteiger partial charge < -0.3 is 15.5 Å². The Morgan fingerprint density at radius 3 is 2.80 bits per heavy atom. The second-order valence-corrected chi connectivity index (χ2v) is 7.41. The van der Waals surface area contributed by atoms with Crippen molar-refractivity contribution in [1.82, 2.24) is 15.2 Å². The SMILES string of the molecule is Cc1nc(N[C@@H]2CCCC[C@@H]2O)nnc1-c1ccc2sccc2c1O. The van der Waals surface area contributed by atoms with Crippen LogP contribution in [0.3, 0.4) is 0 Å². The number of nitrogens with zero attached hydrogens (tertiary/aromatic N) is 3. The molecule has 6 nitrogen and oxygen atoms in total. The summed E-state index contributed by atoms with van der Waals surface area (Å²) in [5.41, 5.74) is 1.89. The van der Waals surface area contributed by atoms with Crippen molar-refractivity contribution >= 4 is 27.4 Å². The molecular weight excluding hydrogens is 336 g/mol. The molecule has 0 saturated heterocycles. The predicted octanol–water partition coefficient (Wildman–Crippen LogP) is 3.48. The number of phenolic OH excluding ortho intramolecular Hbond substituents is 1. The van der Waals surface area contributed by atoms with Crippen molar-refractivity contribution in [3.8, 4) is 17.0 Å². The lowest BCUT2D eigenvalue weighted by Gasteiger charge is -2.28. The Kier molecular flexibility index (Phi) is 4.27. The van der Waals surface area contributed by atoms with Gasteiger partial charge in [0, 0.05) is 15.6 Å². The highest BCUT2D eigenvalue weighted by Crippen LogP contribution is 2.37. The molecule has 25 heavy (non-hydrogen) atoms. The first kappa shape index (κ1) is 16.2. The summed E-state index contributed by atoms with van der Waals surface area (Å²) in [5.74, 6) is 0.629. The molecule has 4 rings (SSSR count). The van der Waals surface area contributed by atoms with E-state index in [-0.39, 0.29) is 17.9 Å². The number of fused-ring (bicyclic) bond motifs is 1. The summed E-state index contributed by atoms with van der Waals surface area (Å²) >= 11 is 1.59. The molecule has 0 bridgehead atoms. The number of thiophene rings is 1. The summed E-state index contributed by atoms with van der Waals surface area (Å²) in [4.78, 5) is 4.48. The van der Waals surface area contributed by atoms with Gasteiger partial charge in [-0.05, 0) is 43.3 Å². The van der Waals surface area contributed by atoms with E-state index in [0.29, 0.717) is 22.9 Å². The zero-order chi connectivity index (χ0) is 17.4. The fraction of sp³-hybridized carbons (Fsp3) is 0.389. The zero-order valence-electron chi connectivity index (χ0n) is 13.9. The van der Waals surface area contributed by atoms with Crippen LogP contribution in [0.2, 0.25) is 0 Å². The Labute approximate surface area is 149 Å². The van der Waals surface area contributed by atoms with Crippen molar-refractivity contribution in [1.29, 1.82) is 0 Å². The summed E-state index contributed by atoms with van der Waals surface area (Å²) in [6.07, 6.45) is 3.48. The minimum Gasteiger partial charge on any atom is -0.507 e. The summed E-state index contributed by atoms with van der Waals surface area (Å²) in [5, 5.41) is 35.0. The van der Waals surface area contributed by atoms with E-state index in [4.69, 9.17) is 0 Å². The van der Waals surface area contributed by atoms with Crippen molar-refractivity contribution < 1.29 is 10.2 Å². The Hall–Kier alpha value is -2.25. The molecule has 0 spiro atoms. The Bertz CT molecular complexity index is 911. The number of aromatic hydroxyl groups is 1. The average Bonchev–Trinajstić information content (AvgIpc) is 3.08. The van der Waals surface area contributed by atoms with Crippen molar-refractivity contribution in [2.75, 3.05) is 5.32 Å². The molecule has 2 atom stereocenters. The Morgan fingerprint density at radius 2 is 2.00 bits per heavy atom. The van der Waals surface area contributed by atoms with Crippen molar-refractivity contribution in [2.45, 2.75) is 44.8 Å². The first-order valence-electron chi connectivity index (χ1n) is 8.49. The van der Waals surface area contributed by atoms with Gasteiger partial charge in [-0.25, -0.2) is 4.98 Å². The van der Waals surface area contributed by atoms with Gasteiger partial charge in [-0.3, -0.25) is 0 Å². The van der Waals surface area contributed by atoms with Crippen LogP contribution in [0.25, 0.3) is 21.3 Å². The monoisotopic (exact) mass is 356 g/mol. The van der Waals surface area contributed by atoms with Crippen LogP contribution in [0.15, 0.2) is 23.6 Å². The van der Waals surface area contributed by atoms with Gasteiger partial charge in [0.05, 0.1) is 17.8 Å². The lowest BCUT2D eigenvalue weighted by Crippen LogP contribution is -2.37. The molecule has 2 heterocycles. The number of benzene rings is 1. The van der Waals surface area contributed by atoms with E-state index in [1.807, 2.05) is 30.5 Å². The molecule has 1 saturated carbocycles. The molecule has 3 aromatic rings. The molecule has 1 aliphatic rings. The smallest absolute Gasteiger partial charge is 0.243 e. The van der Waals surface area contributed by atoms with Gasteiger partial charge in [0.2, 0.25) is 5.95 Å². The average molecular weight is 356 g/mol. The first-order valence-corrected chi connectivity index (χ1v) is 9.37. The van der Waals surface area contributed by atoms with Crippen LogP contribution in [-0.2, 0) is 0 Å². The molecule has 7 heteroatoms. The van der Waals surface area contributed by atoms with Crippen molar-refractivity contribution in [2.24, 2.45) is 0 Å². The molecule has 0 amide bonds. The number of aliphatic hydroxyl groups excluding tert-OH is 1. The van der Waals surface area contributed by atoms with Crippen LogP contribution in [-0.4, -0.2) is 37.5 Å². The van der Waals surface area contributed by atoms with Crippen LogP contribution in [0, 0.1) is 6.92 Å². The largest absolute Gasteiger partial charge is 0.507 e. The summed E-state index contributed by atoms with van der Waals surface area (Å²) in [6, 6.07) is 5.69. The Morgan fingerprint density at radius 1 is 1.16 bits per heavy atom. The van der Waals surface area contributed by atoms with E-state index in [9.17, 15) is 10.2 Å². The third-order valence-electron chi connectivity index (χ3n) is 4.77. The highest BCUT2D eigenvalue weighted by Gasteiger charge is 2.24. The number of rotatable bonds is 3. The van der Waals surface area contributed by atoms with E-state index in [1.54, 1.807) is 11.3 Å². The lowest BCUT2D eigenvalue weighted by atomic mass is 9.93. The number of phenols is 1. The third-order valence-corrected chi connectivity index (χ3v) is 5.65. The molecule has 1 fully saturated rings. The van der Waals surface area contributed by atoms with E-state index in [0.717, 1.165) is 35.8 Å². The minimum atomic E-state index is -0.373. The van der Waals surface area contributed by atoms with E-state index in [1.165, 1.54) is 0 Å². The maximum absolute atomic E-state index is 10.5. The molecule has 3 N–H and O–H groups in total. The van der Waals surface area contributed by atoms with Gasteiger partial charge in [0.15, 0.2) is 0 Å². The van der Waals surface area contributed by atoms with Gasteiger partial charge in [-0.1, -0.05) is 12.8 Å². The number of nitrogens with one attached hydrogen (secondary N) is 1. The second kappa shape index (κ2) is 6.57. The van der Waals surface area contributed by atoms with Gasteiger partial charge in [0.1, 0.15) is 11.4 Å². The van der Waals surface area contributed by atoms with Crippen LogP contribution in [0.1, 0.15) is 31.4 Å². The number of aromatic nitrogens is 3. The summed E-state index contributed by atoms with van der Waals surface area (Å²) in [6.45, 7) is 1.85. The highest BCUT2D eigenvalue weighted by molar-refractivity contribution is 7.17. The van der Waals surface area contributed by atoms with Crippen LogP contribution < -0.4 is 5.32 Å². The van der Waals surface area contributed by atoms with Crippen molar-refractivity contribution in [3.63, 3.8) is 0 Å². The van der Waals surface area contributed by atoms with Gasteiger partial charge in [-0.15, -0.1) is 21.5 Å². The fourth-order valence-electron chi connectivity index (χ4n) is 3.38. The number of hydrogen-bond donors (Lipinski definition) is 3. The standard InChI is InChI=1S/C18H20N4O2S/c1-10-16(12-6-7-15-11(17(12)24)8-9-25-15)21-22-18(19-10)20-13-4-2-3-5-14(13)23/h6-9,13-14,23-24H,2-5H2,1H3,(H,19,20,22)/t13-,14+/m1/s1. The molecule has 1 aromatic carbocycles. The molecule has 2 aromatic heterocycles. The van der Waals surface area contributed by atoms with Gasteiger partial charge >= 0.3 is 0 Å². The van der Waals surface area contributed by atoms with E-state index < -0.39 is 0 Å². The quantitative estimate of drug-likeness (QED) is 0.665. The first-order chi connectivity index (χ1) is 12.1. The van der Waals surface area contributed by atoms with Crippen LogP contribution in [0.5, 0.6) is 5.75 Å². The maximum Gasteiger partial charge on any atom is 0.243 e. The fourth-order valence-corrected chi connectivity index (χ4v) is 4.17. The topological polar surface area (TPSA) is 91.2 Å². The number of aliphatic hydroxyl groups is 1. The van der Waals surface area contributed by atoms with Crippen LogP contribution in [0.4, 0.5) is 5.95 Å². The maximum atomic E-state index is 10.5. The summed E-state index contributed by atoms with van der Waals surface area (Å²) < 4.78 is 1.03. The third kappa shape index (κ3) is 3.05. The summed E-state index contributed by atoms with van der Waals surface area (Å²) in [7, 11) is 0.